The van der Waals surface area contributed by atoms with Gasteiger partial charge in [0.25, 0.3) is 5.91 Å². The Labute approximate surface area is 101 Å². The largest absolute Gasteiger partial charge is 0.339 e. The maximum Gasteiger partial charge on any atom is 0.253 e. The fourth-order valence-electron chi connectivity index (χ4n) is 1.75. The molecule has 0 radical (unpaired) electrons. The van der Waals surface area contributed by atoms with E-state index >= 15 is 0 Å². The number of carbonyl (C=O) groups is 1. The maximum atomic E-state index is 12.2. The molecule has 0 saturated carbocycles. The van der Waals surface area contributed by atoms with E-state index in [4.69, 9.17) is 0 Å². The number of H-pyrrole nitrogens is 1. The van der Waals surface area contributed by atoms with Gasteiger partial charge in [0.2, 0.25) is 0 Å². The van der Waals surface area contributed by atoms with Crippen LogP contribution in [0.25, 0.3) is 10.9 Å². The predicted molar refractivity (Wildman–Crippen MR) is 67.9 cm³/mol. The van der Waals surface area contributed by atoms with Crippen LogP contribution < -0.4 is 0 Å². The van der Waals surface area contributed by atoms with Crippen LogP contribution in [-0.2, 0) is 0 Å². The first-order valence-electron chi connectivity index (χ1n) is 5.83. The van der Waals surface area contributed by atoms with Crippen LogP contribution in [0.3, 0.4) is 0 Å². The minimum absolute atomic E-state index is 0.0517. The summed E-state index contributed by atoms with van der Waals surface area (Å²) in [5.41, 5.74) is 1.60. The van der Waals surface area contributed by atoms with E-state index in [1.165, 1.54) is 0 Å². The Bertz CT molecular complexity index is 532. The molecule has 1 atom stereocenters. The third-order valence-electron chi connectivity index (χ3n) is 3.26. The smallest absolute Gasteiger partial charge is 0.253 e. The van der Waals surface area contributed by atoms with Gasteiger partial charge in [0.1, 0.15) is 0 Å². The molecule has 0 bridgehead atoms. The molecule has 0 spiro atoms. The van der Waals surface area contributed by atoms with Crippen LogP contribution in [0.2, 0.25) is 0 Å². The highest BCUT2D eigenvalue weighted by Gasteiger charge is 2.16. The third-order valence-corrected chi connectivity index (χ3v) is 3.26. The van der Waals surface area contributed by atoms with Crippen LogP contribution in [0.4, 0.5) is 0 Å². The molecule has 0 aliphatic rings. The second-order valence-corrected chi connectivity index (χ2v) is 4.35. The molecule has 1 aromatic heterocycles. The highest BCUT2D eigenvalue weighted by Crippen LogP contribution is 2.15. The Hall–Kier alpha value is -1.84. The van der Waals surface area contributed by atoms with Gasteiger partial charge in [-0.25, -0.2) is 0 Å². The van der Waals surface area contributed by atoms with E-state index in [9.17, 15) is 4.79 Å². The molecule has 1 amide bonds. The number of nitrogens with one attached hydrogen (secondary N) is 1. The van der Waals surface area contributed by atoms with Gasteiger partial charge in [0.05, 0.1) is 11.7 Å². The van der Waals surface area contributed by atoms with Crippen molar-refractivity contribution in [2.75, 3.05) is 7.05 Å². The Balaban J connectivity index is 2.29. The second kappa shape index (κ2) is 4.57. The summed E-state index contributed by atoms with van der Waals surface area (Å²) in [4.78, 5) is 14.0. The van der Waals surface area contributed by atoms with Crippen molar-refractivity contribution in [2.24, 2.45) is 0 Å². The molecule has 1 N–H and O–H groups in total. The Morgan fingerprint density at radius 2 is 2.29 bits per heavy atom. The van der Waals surface area contributed by atoms with Gasteiger partial charge >= 0.3 is 0 Å². The average molecular weight is 231 g/mol. The van der Waals surface area contributed by atoms with Crippen molar-refractivity contribution in [1.29, 1.82) is 0 Å². The number of rotatable bonds is 3. The molecule has 4 heteroatoms. The van der Waals surface area contributed by atoms with Crippen molar-refractivity contribution < 1.29 is 4.79 Å². The molecular formula is C13H17N3O. The summed E-state index contributed by atoms with van der Waals surface area (Å²) in [5.74, 6) is 0.0517. The van der Waals surface area contributed by atoms with Crippen LogP contribution in [0.1, 0.15) is 30.6 Å². The maximum absolute atomic E-state index is 12.2. The minimum atomic E-state index is 0.0517. The molecule has 1 aromatic carbocycles. The zero-order valence-corrected chi connectivity index (χ0v) is 10.4. The Morgan fingerprint density at radius 3 is 3.00 bits per heavy atom. The lowest BCUT2D eigenvalue weighted by molar-refractivity contribution is 0.0740. The fourth-order valence-corrected chi connectivity index (χ4v) is 1.75. The Morgan fingerprint density at radius 1 is 1.53 bits per heavy atom. The SMILES string of the molecule is CCC(C)N(C)C(=O)c1ccc2cn[nH]c2c1. The normalized spacial score (nSPS) is 12.6. The standard InChI is InChI=1S/C13H17N3O/c1-4-9(2)16(3)13(17)10-5-6-11-8-14-15-12(11)7-10/h5-9H,4H2,1-3H3,(H,14,15). The number of hydrogen-bond acceptors (Lipinski definition) is 2. The topological polar surface area (TPSA) is 49.0 Å². The molecule has 90 valence electrons. The quantitative estimate of drug-likeness (QED) is 0.882. The van der Waals surface area contributed by atoms with Crippen molar-refractivity contribution in [3.05, 3.63) is 30.0 Å². The molecule has 0 saturated heterocycles. The molecule has 17 heavy (non-hydrogen) atoms. The minimum Gasteiger partial charge on any atom is -0.339 e. The van der Waals surface area contributed by atoms with Crippen molar-refractivity contribution in [2.45, 2.75) is 26.3 Å². The number of aromatic amines is 1. The molecule has 0 aliphatic carbocycles. The number of aromatic nitrogens is 2. The number of fused-ring (bicyclic) bond motifs is 1. The van der Waals surface area contributed by atoms with Crippen LogP contribution in [0.15, 0.2) is 24.4 Å². The number of carbonyl (C=O) groups excluding carboxylic acids is 1. The van der Waals surface area contributed by atoms with Crippen LogP contribution >= 0.6 is 0 Å². The van der Waals surface area contributed by atoms with Gasteiger partial charge in [0.15, 0.2) is 0 Å². The molecule has 1 heterocycles. The number of amides is 1. The molecule has 4 nitrogen and oxygen atoms in total. The van der Waals surface area contributed by atoms with Crippen molar-refractivity contribution in [3.63, 3.8) is 0 Å². The first-order chi connectivity index (χ1) is 8.13. The Kier molecular flexibility index (Phi) is 3.13. The summed E-state index contributed by atoms with van der Waals surface area (Å²) < 4.78 is 0. The average Bonchev–Trinajstić information content (AvgIpc) is 2.83. The van der Waals surface area contributed by atoms with E-state index in [0.29, 0.717) is 5.56 Å². The highest BCUT2D eigenvalue weighted by atomic mass is 16.2. The number of benzene rings is 1. The zero-order valence-electron chi connectivity index (χ0n) is 10.4. The zero-order chi connectivity index (χ0) is 12.4. The van der Waals surface area contributed by atoms with Gasteiger partial charge in [-0.15, -0.1) is 0 Å². The molecule has 1 unspecified atom stereocenters. The number of nitrogens with zero attached hydrogens (tertiary/aromatic N) is 2. The van der Waals surface area contributed by atoms with E-state index in [0.717, 1.165) is 17.3 Å². The molecule has 0 fully saturated rings. The molecular weight excluding hydrogens is 214 g/mol. The summed E-state index contributed by atoms with van der Waals surface area (Å²) in [6.07, 6.45) is 2.70. The first-order valence-corrected chi connectivity index (χ1v) is 5.83. The van der Waals surface area contributed by atoms with Gasteiger partial charge in [-0.05, 0) is 25.5 Å². The van der Waals surface area contributed by atoms with Gasteiger partial charge in [-0.1, -0.05) is 13.0 Å². The monoisotopic (exact) mass is 231 g/mol. The van der Waals surface area contributed by atoms with Crippen LogP contribution in [0.5, 0.6) is 0 Å². The predicted octanol–water partition coefficient (Wildman–Crippen LogP) is 2.43. The summed E-state index contributed by atoms with van der Waals surface area (Å²) in [7, 11) is 1.84. The van der Waals surface area contributed by atoms with Gasteiger partial charge in [-0.3, -0.25) is 9.89 Å². The van der Waals surface area contributed by atoms with E-state index < -0.39 is 0 Å². The van der Waals surface area contributed by atoms with Crippen molar-refractivity contribution in [1.82, 2.24) is 15.1 Å². The summed E-state index contributed by atoms with van der Waals surface area (Å²) >= 11 is 0. The van der Waals surface area contributed by atoms with Gasteiger partial charge in [0, 0.05) is 24.0 Å². The lowest BCUT2D eigenvalue weighted by atomic mass is 10.1. The fraction of sp³-hybridized carbons (Fsp3) is 0.385. The van der Waals surface area contributed by atoms with Crippen LogP contribution in [0, 0.1) is 0 Å². The molecule has 2 rings (SSSR count). The van der Waals surface area contributed by atoms with E-state index in [1.807, 2.05) is 32.2 Å². The van der Waals surface area contributed by atoms with Crippen molar-refractivity contribution in [3.8, 4) is 0 Å². The van der Waals surface area contributed by atoms with Crippen LogP contribution in [-0.4, -0.2) is 34.1 Å². The van der Waals surface area contributed by atoms with Crippen molar-refractivity contribution >= 4 is 16.8 Å². The summed E-state index contributed by atoms with van der Waals surface area (Å²) in [5, 5.41) is 7.85. The second-order valence-electron chi connectivity index (χ2n) is 4.35. The summed E-state index contributed by atoms with van der Waals surface area (Å²) in [6, 6.07) is 5.86. The molecule has 0 aliphatic heterocycles. The highest BCUT2D eigenvalue weighted by molar-refractivity contribution is 5.97. The molecule has 2 aromatic rings. The lowest BCUT2D eigenvalue weighted by Crippen LogP contribution is -2.34. The lowest BCUT2D eigenvalue weighted by Gasteiger charge is -2.23. The summed E-state index contributed by atoms with van der Waals surface area (Å²) in [6.45, 7) is 4.12. The number of hydrogen-bond donors (Lipinski definition) is 1. The van der Waals surface area contributed by atoms with Gasteiger partial charge in [-0.2, -0.15) is 5.10 Å². The van der Waals surface area contributed by atoms with E-state index in [1.54, 1.807) is 11.1 Å². The third kappa shape index (κ3) is 2.16. The first kappa shape index (κ1) is 11.6. The van der Waals surface area contributed by atoms with E-state index in [-0.39, 0.29) is 11.9 Å². The van der Waals surface area contributed by atoms with E-state index in [2.05, 4.69) is 17.1 Å². The van der Waals surface area contributed by atoms with Gasteiger partial charge < -0.3 is 4.90 Å².